The lowest BCUT2D eigenvalue weighted by Gasteiger charge is -2.44. The molecule has 1 rings (SSSR count). The van der Waals surface area contributed by atoms with Gasteiger partial charge in [0.05, 0.1) is 13.2 Å². The zero-order valence-electron chi connectivity index (χ0n) is 15.7. The van der Waals surface area contributed by atoms with E-state index < -0.39 is 14.6 Å². The van der Waals surface area contributed by atoms with Crippen molar-refractivity contribution < 1.29 is 22.8 Å². The van der Waals surface area contributed by atoms with Crippen LogP contribution in [0.25, 0.3) is 0 Å². The van der Waals surface area contributed by atoms with Crippen LogP contribution < -0.4 is 0 Å². The maximum absolute atomic E-state index is 6.46. The number of ether oxygens (including phenoxy) is 2. The summed E-state index contributed by atoms with van der Waals surface area (Å²) in [6.07, 6.45) is 4.68. The Labute approximate surface area is 143 Å². The summed E-state index contributed by atoms with van der Waals surface area (Å²) in [5.74, 6) is -0.661. The molecule has 1 aliphatic heterocycles. The quantitative estimate of drug-likeness (QED) is 0.496. The topological polar surface area (TPSA) is 46.2 Å². The molecule has 1 unspecified atom stereocenters. The number of unbranched alkanes of at least 4 members (excludes halogenated alkanes) is 1. The molecule has 6 heteroatoms. The summed E-state index contributed by atoms with van der Waals surface area (Å²) in [6.45, 7) is 13.0. The Bertz CT molecular complexity index is 296. The van der Waals surface area contributed by atoms with Crippen LogP contribution in [0.5, 0.6) is 0 Å². The molecule has 1 aliphatic rings. The Morgan fingerprint density at radius 1 is 1.00 bits per heavy atom. The predicted octanol–water partition coefficient (Wildman–Crippen LogP) is 4.14. The van der Waals surface area contributed by atoms with Crippen molar-refractivity contribution in [2.45, 2.75) is 84.7 Å². The van der Waals surface area contributed by atoms with Crippen LogP contribution >= 0.6 is 0 Å². The third kappa shape index (κ3) is 6.10. The first kappa shape index (κ1) is 21.1. The van der Waals surface area contributed by atoms with E-state index in [0.29, 0.717) is 13.2 Å². The molecule has 5 nitrogen and oxygen atoms in total. The molecule has 0 N–H and O–H groups in total. The van der Waals surface area contributed by atoms with Gasteiger partial charge in [0.1, 0.15) is 6.10 Å². The van der Waals surface area contributed by atoms with E-state index in [9.17, 15) is 0 Å². The summed E-state index contributed by atoms with van der Waals surface area (Å²) < 4.78 is 30.6. The molecule has 0 bridgehead atoms. The van der Waals surface area contributed by atoms with Gasteiger partial charge in [-0.15, -0.1) is 0 Å². The van der Waals surface area contributed by atoms with Gasteiger partial charge in [-0.2, -0.15) is 0 Å². The lowest BCUT2D eigenvalue weighted by Crippen LogP contribution is -2.57. The number of rotatable bonds is 12. The molecule has 1 fully saturated rings. The highest BCUT2D eigenvalue weighted by molar-refractivity contribution is 6.60. The van der Waals surface area contributed by atoms with E-state index in [0.717, 1.165) is 51.4 Å². The Balaban J connectivity index is 2.88. The maximum Gasteiger partial charge on any atom is 0.501 e. The minimum atomic E-state index is -2.70. The second kappa shape index (κ2) is 10.8. The van der Waals surface area contributed by atoms with E-state index in [2.05, 4.69) is 13.8 Å². The second-order valence-corrected chi connectivity index (χ2v) is 8.70. The fourth-order valence-electron chi connectivity index (χ4n) is 3.03. The van der Waals surface area contributed by atoms with Gasteiger partial charge < -0.3 is 22.8 Å². The fraction of sp³-hybridized carbons (Fsp3) is 1.00. The third-order valence-corrected chi connectivity index (χ3v) is 7.26. The second-order valence-electron chi connectivity index (χ2n) is 6.02. The SMILES string of the molecule is CCCC[Si](OCC)(OCC)OC(C)C1(CCC)OCCCO1. The first-order valence-corrected chi connectivity index (χ1v) is 11.2. The van der Waals surface area contributed by atoms with Crippen molar-refractivity contribution in [1.29, 1.82) is 0 Å². The zero-order chi connectivity index (χ0) is 17.2. The largest absolute Gasteiger partial charge is 0.501 e. The molecule has 0 spiro atoms. The van der Waals surface area contributed by atoms with Crippen LogP contribution in [0, 0.1) is 0 Å². The number of hydrogen-bond donors (Lipinski definition) is 0. The molecule has 0 aromatic heterocycles. The molecule has 0 aromatic carbocycles. The molecule has 138 valence electrons. The fourth-order valence-corrected chi connectivity index (χ4v) is 6.04. The number of hydrogen-bond acceptors (Lipinski definition) is 5. The van der Waals surface area contributed by atoms with Crippen molar-refractivity contribution in [3.05, 3.63) is 0 Å². The normalized spacial score (nSPS) is 19.7. The van der Waals surface area contributed by atoms with Crippen LogP contribution in [0.1, 0.15) is 66.7 Å². The Morgan fingerprint density at radius 2 is 1.61 bits per heavy atom. The summed E-state index contributed by atoms with van der Waals surface area (Å²) in [6, 6.07) is 0.845. The lowest BCUT2D eigenvalue weighted by atomic mass is 10.0. The van der Waals surface area contributed by atoms with Gasteiger partial charge in [-0.05, 0) is 33.6 Å². The Kier molecular flexibility index (Phi) is 9.88. The first-order chi connectivity index (χ1) is 11.1. The van der Waals surface area contributed by atoms with E-state index in [1.807, 2.05) is 20.8 Å². The van der Waals surface area contributed by atoms with E-state index >= 15 is 0 Å². The third-order valence-electron chi connectivity index (χ3n) is 4.12. The average molecular weight is 349 g/mol. The van der Waals surface area contributed by atoms with Crippen molar-refractivity contribution in [3.63, 3.8) is 0 Å². The predicted molar refractivity (Wildman–Crippen MR) is 93.4 cm³/mol. The average Bonchev–Trinajstić information content (AvgIpc) is 2.54. The van der Waals surface area contributed by atoms with Gasteiger partial charge in [0.2, 0.25) is 0 Å². The van der Waals surface area contributed by atoms with Crippen LogP contribution in [-0.2, 0) is 22.8 Å². The summed E-state index contributed by atoms with van der Waals surface area (Å²) in [5, 5.41) is 0. The van der Waals surface area contributed by atoms with Gasteiger partial charge in [-0.1, -0.05) is 26.7 Å². The summed E-state index contributed by atoms with van der Waals surface area (Å²) in [5.41, 5.74) is 0. The lowest BCUT2D eigenvalue weighted by molar-refractivity contribution is -0.307. The van der Waals surface area contributed by atoms with Gasteiger partial charge in [0.25, 0.3) is 0 Å². The Morgan fingerprint density at radius 3 is 2.09 bits per heavy atom. The zero-order valence-corrected chi connectivity index (χ0v) is 16.7. The summed E-state index contributed by atoms with van der Waals surface area (Å²) in [7, 11) is -2.70. The molecule has 0 saturated carbocycles. The minimum Gasteiger partial charge on any atom is -0.374 e. The van der Waals surface area contributed by atoms with Gasteiger partial charge >= 0.3 is 8.80 Å². The van der Waals surface area contributed by atoms with Crippen molar-refractivity contribution >= 4 is 8.80 Å². The first-order valence-electron chi connectivity index (χ1n) is 9.31. The Hall–Kier alpha value is 0.0169. The van der Waals surface area contributed by atoms with Gasteiger partial charge in [0.15, 0.2) is 5.79 Å². The highest BCUT2D eigenvalue weighted by Gasteiger charge is 2.48. The van der Waals surface area contributed by atoms with Crippen LogP contribution in [0.2, 0.25) is 6.04 Å². The molecular formula is C17H36O5Si. The highest BCUT2D eigenvalue weighted by atomic mass is 28.4. The van der Waals surface area contributed by atoms with Crippen molar-refractivity contribution in [1.82, 2.24) is 0 Å². The molecule has 0 amide bonds. The van der Waals surface area contributed by atoms with Crippen molar-refractivity contribution in [3.8, 4) is 0 Å². The van der Waals surface area contributed by atoms with Crippen LogP contribution in [0.15, 0.2) is 0 Å². The standard InChI is InChI=1S/C17H36O5Si/c1-6-10-15-23(20-8-3,21-9-4)22-16(5)17(12-7-2)18-13-11-14-19-17/h16H,6-15H2,1-5H3. The molecule has 0 aliphatic carbocycles. The molecule has 1 atom stereocenters. The molecule has 1 heterocycles. The molecule has 23 heavy (non-hydrogen) atoms. The smallest absolute Gasteiger partial charge is 0.374 e. The summed E-state index contributed by atoms with van der Waals surface area (Å²) in [4.78, 5) is 0. The highest BCUT2D eigenvalue weighted by Crippen LogP contribution is 2.33. The van der Waals surface area contributed by atoms with Crippen LogP contribution in [0.4, 0.5) is 0 Å². The monoisotopic (exact) mass is 348 g/mol. The molecule has 0 aromatic rings. The maximum atomic E-state index is 6.46. The van der Waals surface area contributed by atoms with Gasteiger partial charge in [-0.25, -0.2) is 0 Å². The minimum absolute atomic E-state index is 0.204. The van der Waals surface area contributed by atoms with E-state index in [1.54, 1.807) is 0 Å². The van der Waals surface area contributed by atoms with Crippen molar-refractivity contribution in [2.24, 2.45) is 0 Å². The summed E-state index contributed by atoms with van der Waals surface area (Å²) >= 11 is 0. The molecule has 1 saturated heterocycles. The molecular weight excluding hydrogens is 312 g/mol. The van der Waals surface area contributed by atoms with Crippen LogP contribution in [-0.4, -0.2) is 47.1 Å². The van der Waals surface area contributed by atoms with E-state index in [4.69, 9.17) is 22.8 Å². The van der Waals surface area contributed by atoms with Crippen LogP contribution in [0.3, 0.4) is 0 Å². The molecule has 0 radical (unpaired) electrons. The van der Waals surface area contributed by atoms with E-state index in [-0.39, 0.29) is 6.10 Å². The van der Waals surface area contributed by atoms with Crippen molar-refractivity contribution in [2.75, 3.05) is 26.4 Å². The van der Waals surface area contributed by atoms with Gasteiger partial charge in [-0.3, -0.25) is 0 Å². The van der Waals surface area contributed by atoms with E-state index in [1.165, 1.54) is 0 Å². The van der Waals surface area contributed by atoms with Gasteiger partial charge in [0, 0.05) is 25.7 Å².